The van der Waals surface area contributed by atoms with Gasteiger partial charge in [-0.25, -0.2) is 0 Å². The highest BCUT2D eigenvalue weighted by Crippen LogP contribution is 2.22. The fourth-order valence-electron chi connectivity index (χ4n) is 4.49. The van der Waals surface area contributed by atoms with Crippen molar-refractivity contribution in [1.82, 2.24) is 20.4 Å². The zero-order valence-corrected chi connectivity index (χ0v) is 25.6. The first-order valence-corrected chi connectivity index (χ1v) is 15.3. The molecule has 0 aliphatic carbocycles. The fourth-order valence-corrected chi connectivity index (χ4v) is 5.27. The molecule has 11 nitrogen and oxygen atoms in total. The molecule has 2 amide bonds. The number of carbonyl (C=O) groups is 3. The third-order valence-electron chi connectivity index (χ3n) is 6.61. The van der Waals surface area contributed by atoms with E-state index in [-0.39, 0.29) is 24.2 Å². The molecule has 44 heavy (non-hydrogen) atoms. The Balaban J connectivity index is 1.16. The third-order valence-corrected chi connectivity index (χ3v) is 7.51. The number of ether oxygens (including phenoxy) is 2. The van der Waals surface area contributed by atoms with Crippen molar-refractivity contribution in [3.63, 3.8) is 0 Å². The van der Waals surface area contributed by atoms with Gasteiger partial charge >= 0.3 is 5.97 Å². The maximum atomic E-state index is 12.7. The van der Waals surface area contributed by atoms with Crippen LogP contribution in [0.15, 0.2) is 66.7 Å². The highest BCUT2D eigenvalue weighted by atomic mass is 32.1. The molecule has 0 fully saturated rings. The monoisotopic (exact) mass is 616 g/mol. The Kier molecular flexibility index (Phi) is 12.4. The van der Waals surface area contributed by atoms with Gasteiger partial charge in [0.2, 0.25) is 11.0 Å². The molecule has 4 aromatic rings. The number of esters is 1. The number of anilines is 2. The smallest absolute Gasteiger partial charge is 0.306 e. The van der Waals surface area contributed by atoms with E-state index in [0.717, 1.165) is 53.1 Å². The van der Waals surface area contributed by atoms with Crippen LogP contribution in [0.2, 0.25) is 0 Å². The van der Waals surface area contributed by atoms with Crippen molar-refractivity contribution in [3.8, 4) is 0 Å². The molecule has 0 aliphatic rings. The van der Waals surface area contributed by atoms with E-state index in [1.807, 2.05) is 60.7 Å². The molecule has 0 saturated carbocycles. The summed E-state index contributed by atoms with van der Waals surface area (Å²) in [6.07, 6.45) is 3.52. The standard InChI is InChI=1S/C32H36N6O5S/c1-3-43-29(40)19-16-22-10-9-11-23(20-22)21-27(39)33-26-18-17-25(35-36-26)14-7-8-15-28-37-38-32(44-28)34-31(41)30(42-2)24-12-5-4-6-13-24/h4-6,9-13,17-18,20,30H,3,7-8,14-16,19,21H2,1-2H3,(H,33,36,39)(H,34,38,41). The zero-order valence-electron chi connectivity index (χ0n) is 24.8. The van der Waals surface area contributed by atoms with Crippen LogP contribution in [0.3, 0.4) is 0 Å². The number of hydrogen-bond donors (Lipinski definition) is 2. The van der Waals surface area contributed by atoms with E-state index < -0.39 is 6.10 Å². The lowest BCUT2D eigenvalue weighted by molar-refractivity contribution is -0.143. The van der Waals surface area contributed by atoms with E-state index in [4.69, 9.17) is 9.47 Å². The number of rotatable bonds is 16. The highest BCUT2D eigenvalue weighted by molar-refractivity contribution is 7.15. The second-order valence-electron chi connectivity index (χ2n) is 9.98. The van der Waals surface area contributed by atoms with Gasteiger partial charge in [-0.15, -0.1) is 15.3 Å². The number of methoxy groups -OCH3 is 1. The molecule has 2 heterocycles. The van der Waals surface area contributed by atoms with Crippen LogP contribution in [-0.4, -0.2) is 51.9 Å². The summed E-state index contributed by atoms with van der Waals surface area (Å²) in [5.41, 5.74) is 3.42. The molecule has 0 bridgehead atoms. The summed E-state index contributed by atoms with van der Waals surface area (Å²) < 4.78 is 10.3. The number of aromatic nitrogens is 4. The van der Waals surface area contributed by atoms with Gasteiger partial charge in [0.05, 0.1) is 18.7 Å². The molecule has 0 saturated heterocycles. The van der Waals surface area contributed by atoms with Crippen molar-refractivity contribution in [2.75, 3.05) is 24.4 Å². The maximum absolute atomic E-state index is 12.7. The lowest BCUT2D eigenvalue weighted by atomic mass is 10.0. The second kappa shape index (κ2) is 16.9. The van der Waals surface area contributed by atoms with Gasteiger partial charge in [0.15, 0.2) is 11.9 Å². The molecule has 0 spiro atoms. The van der Waals surface area contributed by atoms with Crippen molar-refractivity contribution in [1.29, 1.82) is 0 Å². The SMILES string of the molecule is CCOC(=O)CCc1cccc(CC(=O)Nc2ccc(CCCCc3nnc(NC(=O)C(OC)c4ccccc4)s3)nn2)c1. The topological polar surface area (TPSA) is 145 Å². The minimum atomic E-state index is -0.725. The van der Waals surface area contributed by atoms with E-state index in [9.17, 15) is 14.4 Å². The molecule has 0 aliphatic heterocycles. The highest BCUT2D eigenvalue weighted by Gasteiger charge is 2.21. The van der Waals surface area contributed by atoms with E-state index in [0.29, 0.717) is 30.4 Å². The number of carbonyl (C=O) groups excluding carboxylic acids is 3. The Hall–Kier alpha value is -4.55. The Morgan fingerprint density at radius 1 is 0.841 bits per heavy atom. The molecule has 1 atom stereocenters. The van der Waals surface area contributed by atoms with E-state index in [1.54, 1.807) is 13.0 Å². The Morgan fingerprint density at radius 3 is 2.39 bits per heavy atom. The number of benzene rings is 2. The number of aryl methyl sites for hydroxylation is 3. The van der Waals surface area contributed by atoms with Gasteiger partial charge in [0.1, 0.15) is 5.01 Å². The molecule has 230 valence electrons. The number of nitrogens with one attached hydrogen (secondary N) is 2. The third kappa shape index (κ3) is 10.3. The number of hydrogen-bond acceptors (Lipinski definition) is 10. The first-order chi connectivity index (χ1) is 21.4. The lowest BCUT2D eigenvalue weighted by Gasteiger charge is -2.14. The predicted octanol–water partition coefficient (Wildman–Crippen LogP) is 4.90. The van der Waals surface area contributed by atoms with Gasteiger partial charge in [-0.1, -0.05) is 65.9 Å². The number of nitrogens with zero attached hydrogens (tertiary/aromatic N) is 4. The van der Waals surface area contributed by atoms with Gasteiger partial charge in [0.25, 0.3) is 5.91 Å². The van der Waals surface area contributed by atoms with Crippen molar-refractivity contribution < 1.29 is 23.9 Å². The fraction of sp³-hybridized carbons (Fsp3) is 0.344. The largest absolute Gasteiger partial charge is 0.466 e. The molecule has 2 aromatic carbocycles. The van der Waals surface area contributed by atoms with Crippen LogP contribution in [0.25, 0.3) is 0 Å². The average molecular weight is 617 g/mol. The van der Waals surface area contributed by atoms with Crippen LogP contribution < -0.4 is 10.6 Å². The summed E-state index contributed by atoms with van der Waals surface area (Å²) in [5, 5.41) is 23.5. The first-order valence-electron chi connectivity index (χ1n) is 14.5. The van der Waals surface area contributed by atoms with Crippen LogP contribution in [0.1, 0.15) is 59.7 Å². The molecular formula is C32H36N6O5S. The minimum Gasteiger partial charge on any atom is -0.466 e. The minimum absolute atomic E-state index is 0.188. The molecule has 12 heteroatoms. The quantitative estimate of drug-likeness (QED) is 0.133. The zero-order chi connectivity index (χ0) is 31.1. The van der Waals surface area contributed by atoms with Gasteiger partial charge < -0.3 is 14.8 Å². The van der Waals surface area contributed by atoms with E-state index in [2.05, 4.69) is 31.0 Å². The molecule has 4 rings (SSSR count). The van der Waals surface area contributed by atoms with Crippen LogP contribution in [0, 0.1) is 0 Å². The van der Waals surface area contributed by atoms with Crippen molar-refractivity contribution in [2.45, 2.75) is 58.0 Å². The average Bonchev–Trinajstić information content (AvgIpc) is 3.47. The summed E-state index contributed by atoms with van der Waals surface area (Å²) in [7, 11) is 1.50. The molecule has 2 N–H and O–H groups in total. The molecule has 1 unspecified atom stereocenters. The van der Waals surface area contributed by atoms with Gasteiger partial charge in [-0.2, -0.15) is 5.10 Å². The number of amides is 2. The summed E-state index contributed by atoms with van der Waals surface area (Å²) in [6, 6.07) is 20.5. The Labute approximate surface area is 260 Å². The van der Waals surface area contributed by atoms with E-state index in [1.165, 1.54) is 18.4 Å². The van der Waals surface area contributed by atoms with Gasteiger partial charge in [-0.3, -0.25) is 19.7 Å². The van der Waals surface area contributed by atoms with Crippen molar-refractivity contribution in [3.05, 3.63) is 94.1 Å². The van der Waals surface area contributed by atoms with Crippen LogP contribution in [-0.2, 0) is 49.5 Å². The molecule has 0 radical (unpaired) electrons. The number of unbranched alkanes of at least 4 members (excludes halogenated alkanes) is 1. The molecular weight excluding hydrogens is 580 g/mol. The normalized spacial score (nSPS) is 11.5. The predicted molar refractivity (Wildman–Crippen MR) is 167 cm³/mol. The van der Waals surface area contributed by atoms with Crippen LogP contribution >= 0.6 is 11.3 Å². The van der Waals surface area contributed by atoms with Gasteiger partial charge in [0, 0.05) is 20.0 Å². The van der Waals surface area contributed by atoms with Crippen LogP contribution in [0.4, 0.5) is 10.9 Å². The Bertz CT molecular complexity index is 1510. The first kappa shape index (κ1) is 32.4. The lowest BCUT2D eigenvalue weighted by Crippen LogP contribution is -2.22. The van der Waals surface area contributed by atoms with Gasteiger partial charge in [-0.05, 0) is 61.4 Å². The van der Waals surface area contributed by atoms with Crippen molar-refractivity contribution >= 4 is 40.1 Å². The second-order valence-corrected chi connectivity index (χ2v) is 11.0. The Morgan fingerprint density at radius 2 is 1.64 bits per heavy atom. The summed E-state index contributed by atoms with van der Waals surface area (Å²) in [5.74, 6) is -0.327. The summed E-state index contributed by atoms with van der Waals surface area (Å²) in [4.78, 5) is 36.8. The van der Waals surface area contributed by atoms with E-state index >= 15 is 0 Å². The summed E-state index contributed by atoms with van der Waals surface area (Å²) in [6.45, 7) is 2.15. The maximum Gasteiger partial charge on any atom is 0.306 e. The summed E-state index contributed by atoms with van der Waals surface area (Å²) >= 11 is 1.35. The molecule has 2 aromatic heterocycles. The van der Waals surface area contributed by atoms with Crippen molar-refractivity contribution in [2.24, 2.45) is 0 Å². The van der Waals surface area contributed by atoms with Crippen LogP contribution in [0.5, 0.6) is 0 Å².